The van der Waals surface area contributed by atoms with E-state index in [-0.39, 0.29) is 22.7 Å². The minimum Gasteiger partial charge on any atom is -0.399 e. The molecule has 0 radical (unpaired) electrons. The second-order valence-electron chi connectivity index (χ2n) is 8.07. The van der Waals surface area contributed by atoms with Gasteiger partial charge in [0.25, 0.3) is 0 Å². The maximum Gasteiger partial charge on any atom is 0.328 e. The molecule has 1 aromatic heterocycles. The molecule has 16 heteroatoms. The van der Waals surface area contributed by atoms with Crippen LogP contribution in [0.1, 0.15) is 17.2 Å². The van der Waals surface area contributed by atoms with Crippen LogP contribution in [0.4, 0.5) is 16.4 Å². The van der Waals surface area contributed by atoms with Crippen molar-refractivity contribution >= 4 is 71.2 Å². The number of nitrogen functional groups attached to an aromatic ring is 1. The number of hydrogen-bond donors (Lipinski definition) is 1. The third-order valence-electron chi connectivity index (χ3n) is 5.37. The summed E-state index contributed by atoms with van der Waals surface area (Å²) < 4.78 is 62.4. The van der Waals surface area contributed by atoms with E-state index in [1.54, 1.807) is 12.1 Å². The molecule has 0 aliphatic carbocycles. The predicted molar refractivity (Wildman–Crippen MR) is 153 cm³/mol. The van der Waals surface area contributed by atoms with E-state index in [0.717, 1.165) is 17.0 Å². The van der Waals surface area contributed by atoms with E-state index in [4.69, 9.17) is 37.3 Å². The Morgan fingerprint density at radius 1 is 0.974 bits per heavy atom. The number of halogens is 2. The lowest BCUT2D eigenvalue weighted by molar-refractivity contribution is -0.380. The van der Waals surface area contributed by atoms with E-state index in [0.29, 0.717) is 24.8 Å². The summed E-state index contributed by atoms with van der Waals surface area (Å²) in [7, 11) is -8.90. The van der Waals surface area contributed by atoms with Crippen molar-refractivity contribution < 1.29 is 30.1 Å². The Morgan fingerprint density at radius 2 is 1.64 bits per heavy atom. The van der Waals surface area contributed by atoms with Crippen molar-refractivity contribution in [3.8, 4) is 11.5 Å². The first-order chi connectivity index (χ1) is 18.5. The molecule has 0 bridgehead atoms. The standard InChI is InChI=1S/C23H25Cl2N3O8S3/c24-10-12-27(13-11-25)18-4-6-19(7-5-18)36-39(33,34)22(21-8-14-37-23(21)28(29)30)9-15-38(31,32)35-20-3-1-2-17(26)16-20/h1-8,14,16,22H,9-13,15,26H2. The summed E-state index contributed by atoms with van der Waals surface area (Å²) in [6.45, 7) is 1.03. The summed E-state index contributed by atoms with van der Waals surface area (Å²) in [4.78, 5) is 12.7. The van der Waals surface area contributed by atoms with E-state index in [1.165, 1.54) is 47.8 Å². The van der Waals surface area contributed by atoms with Crippen LogP contribution in [-0.2, 0) is 20.2 Å². The second kappa shape index (κ2) is 13.5. The van der Waals surface area contributed by atoms with Gasteiger partial charge in [0.05, 0.1) is 16.2 Å². The molecule has 3 aromatic rings. The fourth-order valence-electron chi connectivity index (χ4n) is 3.64. The van der Waals surface area contributed by atoms with Gasteiger partial charge in [0.2, 0.25) is 0 Å². The number of anilines is 2. The van der Waals surface area contributed by atoms with E-state index >= 15 is 0 Å². The number of rotatable bonds is 15. The molecule has 3 rings (SSSR count). The van der Waals surface area contributed by atoms with Gasteiger partial charge in [-0.25, -0.2) is 0 Å². The summed E-state index contributed by atoms with van der Waals surface area (Å²) in [5.74, 6) is -0.168. The first-order valence-electron chi connectivity index (χ1n) is 11.4. The maximum absolute atomic E-state index is 13.4. The molecule has 2 aromatic carbocycles. The highest BCUT2D eigenvalue weighted by Gasteiger charge is 2.37. The number of benzene rings is 2. The summed E-state index contributed by atoms with van der Waals surface area (Å²) in [6.07, 6.45) is -0.568. The lowest BCUT2D eigenvalue weighted by Gasteiger charge is -2.23. The average molecular weight is 639 g/mol. The van der Waals surface area contributed by atoms with Gasteiger partial charge in [-0.2, -0.15) is 16.8 Å². The molecule has 1 unspecified atom stereocenters. The number of hydrogen-bond acceptors (Lipinski definition) is 11. The third kappa shape index (κ3) is 8.60. The number of nitrogens with zero attached hydrogens (tertiary/aromatic N) is 2. The zero-order valence-corrected chi connectivity index (χ0v) is 24.3. The fraction of sp³-hybridized carbons (Fsp3) is 0.304. The molecule has 0 amide bonds. The highest BCUT2D eigenvalue weighted by molar-refractivity contribution is 7.88. The van der Waals surface area contributed by atoms with Crippen LogP contribution in [0.2, 0.25) is 0 Å². The minimum absolute atomic E-state index is 0.0513. The highest BCUT2D eigenvalue weighted by Crippen LogP contribution is 2.38. The van der Waals surface area contributed by atoms with Crippen molar-refractivity contribution in [2.45, 2.75) is 11.7 Å². The van der Waals surface area contributed by atoms with Crippen molar-refractivity contribution in [3.63, 3.8) is 0 Å². The molecule has 1 atom stereocenters. The van der Waals surface area contributed by atoms with E-state index in [2.05, 4.69) is 0 Å². The molecule has 2 N–H and O–H groups in total. The molecule has 1 heterocycles. The van der Waals surface area contributed by atoms with Crippen molar-refractivity contribution in [1.29, 1.82) is 0 Å². The average Bonchev–Trinajstić information content (AvgIpc) is 3.33. The van der Waals surface area contributed by atoms with Crippen LogP contribution in [0.15, 0.2) is 60.0 Å². The zero-order chi connectivity index (χ0) is 28.6. The van der Waals surface area contributed by atoms with Gasteiger partial charge < -0.3 is 19.0 Å². The molecule has 212 valence electrons. The minimum atomic E-state index is -4.60. The molecular weight excluding hydrogens is 613 g/mol. The molecule has 0 saturated heterocycles. The number of alkyl halides is 2. The van der Waals surface area contributed by atoms with Gasteiger partial charge in [0, 0.05) is 42.3 Å². The van der Waals surface area contributed by atoms with Crippen molar-refractivity contribution in [2.75, 3.05) is 41.2 Å². The largest absolute Gasteiger partial charge is 0.399 e. The molecule has 0 spiro atoms. The van der Waals surface area contributed by atoms with Crippen LogP contribution in [0.5, 0.6) is 11.5 Å². The molecule has 0 saturated carbocycles. The number of nitro groups is 1. The first kappa shape index (κ1) is 30.8. The molecule has 11 nitrogen and oxygen atoms in total. The van der Waals surface area contributed by atoms with Crippen LogP contribution in [0.3, 0.4) is 0 Å². The van der Waals surface area contributed by atoms with Crippen LogP contribution < -0.4 is 19.0 Å². The van der Waals surface area contributed by atoms with Gasteiger partial charge in [-0.15, -0.1) is 23.2 Å². The molecule has 0 aliphatic rings. The Morgan fingerprint density at radius 3 is 2.23 bits per heavy atom. The van der Waals surface area contributed by atoms with Crippen LogP contribution in [-0.4, -0.2) is 52.4 Å². The summed E-state index contributed by atoms with van der Waals surface area (Å²) in [5.41, 5.74) is 6.46. The quantitative estimate of drug-likeness (QED) is 0.0808. The van der Waals surface area contributed by atoms with Gasteiger partial charge in [-0.05, 0) is 54.3 Å². The highest BCUT2D eigenvalue weighted by atomic mass is 35.5. The monoisotopic (exact) mass is 637 g/mol. The van der Waals surface area contributed by atoms with Gasteiger partial charge >= 0.3 is 25.2 Å². The van der Waals surface area contributed by atoms with E-state index in [9.17, 15) is 26.9 Å². The Hall–Kier alpha value is -2.78. The summed E-state index contributed by atoms with van der Waals surface area (Å²) in [5, 5.41) is 10.8. The van der Waals surface area contributed by atoms with Crippen LogP contribution in [0, 0.1) is 10.1 Å². The maximum atomic E-state index is 13.4. The smallest absolute Gasteiger partial charge is 0.328 e. The first-order valence-corrected chi connectivity index (χ1v) is 16.3. The van der Waals surface area contributed by atoms with Crippen molar-refractivity contribution in [2.24, 2.45) is 0 Å². The molecule has 39 heavy (non-hydrogen) atoms. The van der Waals surface area contributed by atoms with E-state index in [1.807, 2.05) is 4.90 Å². The zero-order valence-electron chi connectivity index (χ0n) is 20.3. The fourth-order valence-corrected chi connectivity index (χ4v) is 7.46. The Kier molecular flexibility index (Phi) is 10.7. The lowest BCUT2D eigenvalue weighted by Crippen LogP contribution is -2.27. The molecule has 0 fully saturated rings. The summed E-state index contributed by atoms with van der Waals surface area (Å²) >= 11 is 12.4. The Bertz CT molecular complexity index is 1480. The van der Waals surface area contributed by atoms with Gasteiger partial charge in [0.15, 0.2) is 0 Å². The summed E-state index contributed by atoms with van der Waals surface area (Å²) in [6, 6.07) is 13.0. The van der Waals surface area contributed by atoms with Gasteiger partial charge in [-0.3, -0.25) is 10.1 Å². The third-order valence-corrected chi connectivity index (χ3v) is 9.38. The molecule has 0 aliphatic heterocycles. The number of thiophene rings is 1. The molecular formula is C23H25Cl2N3O8S3. The number of nitrogens with two attached hydrogens (primary N) is 1. The van der Waals surface area contributed by atoms with E-state index < -0.39 is 47.6 Å². The van der Waals surface area contributed by atoms with Crippen molar-refractivity contribution in [1.82, 2.24) is 0 Å². The Balaban J connectivity index is 1.86. The Labute approximate surface area is 240 Å². The van der Waals surface area contributed by atoms with Crippen molar-refractivity contribution in [3.05, 3.63) is 75.7 Å². The van der Waals surface area contributed by atoms with Gasteiger partial charge in [0.1, 0.15) is 16.7 Å². The van der Waals surface area contributed by atoms with Gasteiger partial charge in [-0.1, -0.05) is 17.4 Å². The second-order valence-corrected chi connectivity index (χ2v) is 13.1. The predicted octanol–water partition coefficient (Wildman–Crippen LogP) is 4.77. The topological polar surface area (TPSA) is 159 Å². The SMILES string of the molecule is Nc1cccc(OS(=O)(=O)CCC(c2ccsc2[N+](=O)[O-])S(=O)(=O)Oc2ccc(N(CCCl)CCCl)cc2)c1. The van der Waals surface area contributed by atoms with Crippen LogP contribution in [0.25, 0.3) is 0 Å². The normalized spacial score (nSPS) is 12.6. The van der Waals surface area contributed by atoms with Crippen LogP contribution >= 0.6 is 34.5 Å². The lowest BCUT2D eigenvalue weighted by atomic mass is 10.2.